The van der Waals surface area contributed by atoms with Crippen molar-refractivity contribution in [1.29, 1.82) is 0 Å². The molecule has 169 valence electrons. The molecule has 0 aliphatic heterocycles. The summed E-state index contributed by atoms with van der Waals surface area (Å²) >= 11 is 0. The van der Waals surface area contributed by atoms with Gasteiger partial charge in [-0.15, -0.1) is 0 Å². The standard InChI is InChI=1S/C21H25NO8S.Na/c1-27-15-10-19(29-3)16(20(11-15)30-4)7-8-31(25,26)13-14-5-6-18(28-2)17(9-14)22-12-21(23)24;/h5-11,22H,12-13H2,1-4H3,(H,23,24);/b8-7+;. The SMILES string of the molecule is COc1cc(OC)c(/C=C/S(=O)(=O)Cc2ccc(OC)c(NCC(=O)O)c2)c(OC)c1.[Na]. The van der Waals surface area contributed by atoms with Crippen LogP contribution in [0.15, 0.2) is 35.7 Å². The monoisotopic (exact) mass is 474 g/mol. The summed E-state index contributed by atoms with van der Waals surface area (Å²) in [6, 6.07) is 7.97. The normalized spacial score (nSPS) is 10.9. The van der Waals surface area contributed by atoms with Gasteiger partial charge in [0, 0.05) is 47.1 Å². The Hall–Kier alpha value is -2.40. The van der Waals surface area contributed by atoms with E-state index in [0.29, 0.717) is 39.8 Å². The van der Waals surface area contributed by atoms with Gasteiger partial charge in [-0.05, 0) is 23.8 Å². The summed E-state index contributed by atoms with van der Waals surface area (Å²) in [5.74, 6) is 0.361. The molecule has 0 aliphatic rings. The molecule has 2 N–H and O–H groups in total. The van der Waals surface area contributed by atoms with E-state index in [4.69, 9.17) is 24.1 Å². The minimum absolute atomic E-state index is 0. The van der Waals surface area contributed by atoms with Crippen LogP contribution in [0.2, 0.25) is 0 Å². The Labute approximate surface area is 209 Å². The quantitative estimate of drug-likeness (QED) is 0.473. The average Bonchev–Trinajstić information content (AvgIpc) is 2.75. The summed E-state index contributed by atoms with van der Waals surface area (Å²) in [6.45, 7) is -0.330. The van der Waals surface area contributed by atoms with Crippen LogP contribution in [0.1, 0.15) is 11.1 Å². The first-order valence-electron chi connectivity index (χ1n) is 9.06. The van der Waals surface area contributed by atoms with Gasteiger partial charge in [-0.1, -0.05) is 6.07 Å². The van der Waals surface area contributed by atoms with Crippen molar-refractivity contribution >= 4 is 57.1 Å². The van der Waals surface area contributed by atoms with Gasteiger partial charge in [0.2, 0.25) is 0 Å². The van der Waals surface area contributed by atoms with E-state index in [9.17, 15) is 13.2 Å². The second-order valence-electron chi connectivity index (χ2n) is 6.34. The second kappa shape index (κ2) is 12.6. The fourth-order valence-electron chi connectivity index (χ4n) is 2.80. The molecule has 0 atom stereocenters. The molecule has 0 saturated carbocycles. The first kappa shape index (κ1) is 27.6. The van der Waals surface area contributed by atoms with Gasteiger partial charge in [0.05, 0.1) is 45.4 Å². The van der Waals surface area contributed by atoms with Gasteiger partial charge >= 0.3 is 5.97 Å². The molecule has 11 heteroatoms. The van der Waals surface area contributed by atoms with E-state index in [1.807, 2.05) is 0 Å². The van der Waals surface area contributed by atoms with Crippen LogP contribution in [-0.4, -0.2) is 84.0 Å². The summed E-state index contributed by atoms with van der Waals surface area (Å²) in [7, 11) is 2.19. The minimum Gasteiger partial charge on any atom is -0.496 e. The van der Waals surface area contributed by atoms with Gasteiger partial charge in [-0.3, -0.25) is 4.79 Å². The molecule has 0 bridgehead atoms. The number of carboxylic acid groups (broad SMARTS) is 1. The molecule has 0 spiro atoms. The molecule has 0 aromatic heterocycles. The fourth-order valence-corrected chi connectivity index (χ4v) is 3.89. The van der Waals surface area contributed by atoms with Crippen molar-refractivity contribution in [1.82, 2.24) is 0 Å². The number of sulfone groups is 1. The van der Waals surface area contributed by atoms with Crippen LogP contribution in [0, 0.1) is 0 Å². The van der Waals surface area contributed by atoms with Crippen molar-refractivity contribution in [3.8, 4) is 23.0 Å². The van der Waals surface area contributed by atoms with Crippen molar-refractivity contribution in [3.63, 3.8) is 0 Å². The Morgan fingerprint density at radius 1 is 0.969 bits per heavy atom. The second-order valence-corrected chi connectivity index (χ2v) is 8.22. The maximum absolute atomic E-state index is 12.7. The van der Waals surface area contributed by atoms with E-state index in [1.165, 1.54) is 34.5 Å². The van der Waals surface area contributed by atoms with Crippen LogP contribution in [0.3, 0.4) is 0 Å². The van der Waals surface area contributed by atoms with Crippen LogP contribution in [0.5, 0.6) is 23.0 Å². The molecule has 2 aromatic carbocycles. The van der Waals surface area contributed by atoms with Crippen molar-refractivity contribution in [3.05, 3.63) is 46.9 Å². The molecule has 0 fully saturated rings. The molecule has 0 amide bonds. The predicted molar refractivity (Wildman–Crippen MR) is 123 cm³/mol. The van der Waals surface area contributed by atoms with Gasteiger partial charge in [0.25, 0.3) is 0 Å². The Balaban J connectivity index is 0.00000512. The van der Waals surface area contributed by atoms with Gasteiger partial charge in [-0.25, -0.2) is 8.42 Å². The number of benzene rings is 2. The van der Waals surface area contributed by atoms with Crippen LogP contribution >= 0.6 is 0 Å². The van der Waals surface area contributed by atoms with Crippen LogP contribution in [0.25, 0.3) is 6.08 Å². The van der Waals surface area contributed by atoms with Crippen molar-refractivity contribution in [2.24, 2.45) is 0 Å². The van der Waals surface area contributed by atoms with Gasteiger partial charge < -0.3 is 29.4 Å². The first-order chi connectivity index (χ1) is 14.7. The third-order valence-electron chi connectivity index (χ3n) is 4.26. The topological polar surface area (TPSA) is 120 Å². The smallest absolute Gasteiger partial charge is 0.322 e. The molecule has 0 aliphatic carbocycles. The molecular weight excluding hydrogens is 449 g/mol. The zero-order valence-corrected chi connectivity index (χ0v) is 21.5. The molecule has 2 rings (SSSR count). The van der Waals surface area contributed by atoms with E-state index in [0.717, 1.165) is 5.41 Å². The summed E-state index contributed by atoms with van der Waals surface area (Å²) in [5, 5.41) is 12.6. The van der Waals surface area contributed by atoms with E-state index in [1.54, 1.807) is 30.3 Å². The average molecular weight is 474 g/mol. The van der Waals surface area contributed by atoms with Crippen LogP contribution in [0.4, 0.5) is 5.69 Å². The molecule has 0 unspecified atom stereocenters. The van der Waals surface area contributed by atoms with Gasteiger partial charge in [-0.2, -0.15) is 0 Å². The largest absolute Gasteiger partial charge is 0.496 e. The Morgan fingerprint density at radius 2 is 1.56 bits per heavy atom. The fraction of sp³-hybridized carbons (Fsp3) is 0.286. The molecular formula is C21H25NNaO8S. The van der Waals surface area contributed by atoms with E-state index >= 15 is 0 Å². The minimum atomic E-state index is -3.67. The van der Waals surface area contributed by atoms with E-state index in [2.05, 4.69) is 5.32 Å². The van der Waals surface area contributed by atoms with Crippen LogP contribution < -0.4 is 24.3 Å². The van der Waals surface area contributed by atoms with E-state index in [-0.39, 0.29) is 41.9 Å². The molecule has 0 heterocycles. The number of rotatable bonds is 11. The molecule has 1 radical (unpaired) electrons. The zero-order valence-electron chi connectivity index (χ0n) is 18.7. The first-order valence-corrected chi connectivity index (χ1v) is 10.8. The van der Waals surface area contributed by atoms with Crippen molar-refractivity contribution < 1.29 is 37.3 Å². The molecule has 9 nitrogen and oxygen atoms in total. The third kappa shape index (κ3) is 7.63. The van der Waals surface area contributed by atoms with Gasteiger partial charge in [0.1, 0.15) is 29.5 Å². The number of carboxylic acids is 1. The predicted octanol–water partition coefficient (Wildman–Crippen LogP) is 2.42. The number of ether oxygens (including phenoxy) is 4. The Kier molecular flexibility index (Phi) is 10.9. The summed E-state index contributed by atoms with van der Waals surface area (Å²) in [4.78, 5) is 10.8. The Morgan fingerprint density at radius 3 is 2.06 bits per heavy atom. The molecule has 2 aromatic rings. The molecule has 32 heavy (non-hydrogen) atoms. The van der Waals surface area contributed by atoms with Crippen molar-refractivity contribution in [2.45, 2.75) is 5.75 Å². The third-order valence-corrected chi connectivity index (χ3v) is 5.54. The maximum Gasteiger partial charge on any atom is 0.322 e. The number of hydrogen-bond donors (Lipinski definition) is 2. The summed E-state index contributed by atoms with van der Waals surface area (Å²) < 4.78 is 46.4. The number of anilines is 1. The van der Waals surface area contributed by atoms with Crippen molar-refractivity contribution in [2.75, 3.05) is 40.3 Å². The number of hydrogen-bond acceptors (Lipinski definition) is 8. The number of carbonyl (C=O) groups is 1. The summed E-state index contributed by atoms with van der Waals surface area (Å²) in [5.41, 5.74) is 1.31. The maximum atomic E-state index is 12.7. The number of aliphatic carboxylic acids is 1. The number of nitrogens with one attached hydrogen (secondary N) is 1. The summed E-state index contributed by atoms with van der Waals surface area (Å²) in [6.07, 6.45) is 1.40. The zero-order chi connectivity index (χ0) is 23.0. The Bertz CT molecular complexity index is 1040. The van der Waals surface area contributed by atoms with Crippen LogP contribution in [-0.2, 0) is 20.4 Å². The number of methoxy groups -OCH3 is 4. The van der Waals surface area contributed by atoms with E-state index < -0.39 is 15.8 Å². The van der Waals surface area contributed by atoms with Gasteiger partial charge in [0.15, 0.2) is 9.84 Å². The molecule has 0 saturated heterocycles.